The number of anilines is 1. The molecule has 28 heavy (non-hydrogen) atoms. The molecule has 2 fully saturated rings. The van der Waals surface area contributed by atoms with E-state index in [9.17, 15) is 4.79 Å². The molecule has 2 aliphatic heterocycles. The van der Waals surface area contributed by atoms with Gasteiger partial charge in [-0.1, -0.05) is 6.07 Å². The van der Waals surface area contributed by atoms with Gasteiger partial charge >= 0.3 is 0 Å². The molecule has 1 saturated heterocycles. The van der Waals surface area contributed by atoms with Crippen LogP contribution < -0.4 is 19.7 Å². The minimum Gasteiger partial charge on any atom is -0.454 e. The minimum absolute atomic E-state index is 0.00703. The number of carbonyl (C=O) groups is 1. The number of carbonyl (C=O) groups excluding carboxylic acids is 1. The highest BCUT2D eigenvalue weighted by atomic mass is 16.7. The van der Waals surface area contributed by atoms with Crippen molar-refractivity contribution < 1.29 is 14.3 Å². The molecule has 146 valence electrons. The lowest BCUT2D eigenvalue weighted by Crippen LogP contribution is -2.46. The van der Waals surface area contributed by atoms with E-state index < -0.39 is 0 Å². The van der Waals surface area contributed by atoms with Crippen molar-refractivity contribution in [1.29, 1.82) is 0 Å². The van der Waals surface area contributed by atoms with Gasteiger partial charge in [0.25, 0.3) is 5.91 Å². The summed E-state index contributed by atoms with van der Waals surface area (Å²) in [5, 5.41) is 3.04. The van der Waals surface area contributed by atoms with Gasteiger partial charge in [-0.05, 0) is 42.7 Å². The zero-order chi connectivity index (χ0) is 18.9. The molecule has 0 unspecified atom stereocenters. The van der Waals surface area contributed by atoms with Crippen molar-refractivity contribution in [2.24, 2.45) is 0 Å². The summed E-state index contributed by atoms with van der Waals surface area (Å²) >= 11 is 0. The number of aromatic nitrogens is 1. The van der Waals surface area contributed by atoms with Crippen molar-refractivity contribution in [1.82, 2.24) is 15.2 Å². The van der Waals surface area contributed by atoms with Crippen molar-refractivity contribution in [2.75, 3.05) is 37.9 Å². The number of hydrogen-bond acceptors (Lipinski definition) is 6. The second kappa shape index (κ2) is 7.31. The third kappa shape index (κ3) is 3.75. The fourth-order valence-corrected chi connectivity index (χ4v) is 3.66. The van der Waals surface area contributed by atoms with Crippen LogP contribution in [-0.4, -0.2) is 54.8 Å². The number of rotatable bonds is 5. The summed E-state index contributed by atoms with van der Waals surface area (Å²) < 4.78 is 10.9. The third-order valence-electron chi connectivity index (χ3n) is 5.46. The number of pyridine rings is 1. The van der Waals surface area contributed by atoms with E-state index in [1.807, 2.05) is 12.1 Å². The zero-order valence-electron chi connectivity index (χ0n) is 15.8. The molecule has 1 N–H and O–H groups in total. The maximum absolute atomic E-state index is 12.3. The summed E-state index contributed by atoms with van der Waals surface area (Å²) in [7, 11) is 0. The molecule has 1 aliphatic carbocycles. The third-order valence-corrected chi connectivity index (χ3v) is 5.46. The van der Waals surface area contributed by atoms with Crippen LogP contribution in [0.4, 0.5) is 5.82 Å². The Morgan fingerprint density at radius 2 is 1.89 bits per heavy atom. The predicted molar refractivity (Wildman–Crippen MR) is 105 cm³/mol. The summed E-state index contributed by atoms with van der Waals surface area (Å²) in [4.78, 5) is 21.4. The van der Waals surface area contributed by atoms with E-state index in [0.717, 1.165) is 62.9 Å². The van der Waals surface area contributed by atoms with Crippen LogP contribution in [0.15, 0.2) is 36.5 Å². The molecule has 7 nitrogen and oxygen atoms in total. The number of piperazine rings is 1. The van der Waals surface area contributed by atoms with Crippen LogP contribution in [0.1, 0.15) is 28.8 Å². The van der Waals surface area contributed by atoms with Crippen LogP contribution in [-0.2, 0) is 6.54 Å². The Hall–Kier alpha value is -2.80. The highest BCUT2D eigenvalue weighted by molar-refractivity contribution is 5.95. The topological polar surface area (TPSA) is 66.9 Å². The second-order valence-electron chi connectivity index (χ2n) is 7.60. The van der Waals surface area contributed by atoms with E-state index in [2.05, 4.69) is 32.2 Å². The van der Waals surface area contributed by atoms with Gasteiger partial charge in [-0.15, -0.1) is 0 Å². The molecular weight excluding hydrogens is 356 g/mol. The Morgan fingerprint density at radius 3 is 2.71 bits per heavy atom. The fourth-order valence-electron chi connectivity index (χ4n) is 3.66. The first kappa shape index (κ1) is 17.3. The zero-order valence-corrected chi connectivity index (χ0v) is 15.8. The number of nitrogens with zero attached hydrogens (tertiary/aromatic N) is 3. The Labute approximate surface area is 164 Å². The minimum atomic E-state index is 0.00703. The highest BCUT2D eigenvalue weighted by Crippen LogP contribution is 2.33. The maximum Gasteiger partial charge on any atom is 0.251 e. The van der Waals surface area contributed by atoms with Gasteiger partial charge in [0.2, 0.25) is 6.79 Å². The summed E-state index contributed by atoms with van der Waals surface area (Å²) in [6.07, 6.45) is 3.92. The van der Waals surface area contributed by atoms with Crippen LogP contribution >= 0.6 is 0 Å². The fraction of sp³-hybridized carbons (Fsp3) is 0.429. The molecule has 0 radical (unpaired) electrons. The van der Waals surface area contributed by atoms with E-state index in [1.165, 1.54) is 5.56 Å². The lowest BCUT2D eigenvalue weighted by molar-refractivity contribution is 0.0951. The smallest absolute Gasteiger partial charge is 0.251 e. The molecule has 0 spiro atoms. The highest BCUT2D eigenvalue weighted by Gasteiger charge is 2.25. The van der Waals surface area contributed by atoms with Gasteiger partial charge < -0.3 is 19.7 Å². The predicted octanol–water partition coefficient (Wildman–Crippen LogP) is 2.02. The molecule has 0 atom stereocenters. The summed E-state index contributed by atoms with van der Waals surface area (Å²) in [5.41, 5.74) is 1.93. The van der Waals surface area contributed by atoms with E-state index in [-0.39, 0.29) is 5.91 Å². The van der Waals surface area contributed by atoms with Crippen molar-refractivity contribution in [3.8, 4) is 11.5 Å². The molecule has 0 bridgehead atoms. The maximum atomic E-state index is 12.3. The van der Waals surface area contributed by atoms with Gasteiger partial charge in [-0.3, -0.25) is 9.69 Å². The van der Waals surface area contributed by atoms with Gasteiger partial charge in [0.05, 0.1) is 0 Å². The molecule has 1 aromatic carbocycles. The van der Waals surface area contributed by atoms with E-state index >= 15 is 0 Å². The van der Waals surface area contributed by atoms with Crippen molar-refractivity contribution in [2.45, 2.75) is 25.4 Å². The van der Waals surface area contributed by atoms with Crippen LogP contribution in [0.2, 0.25) is 0 Å². The quantitative estimate of drug-likeness (QED) is 0.856. The van der Waals surface area contributed by atoms with Gasteiger partial charge in [0.1, 0.15) is 5.82 Å². The average molecular weight is 380 g/mol. The van der Waals surface area contributed by atoms with Crippen LogP contribution in [0.3, 0.4) is 0 Å². The Kier molecular flexibility index (Phi) is 4.52. The summed E-state index contributed by atoms with van der Waals surface area (Å²) in [6.45, 7) is 4.89. The SMILES string of the molecule is O=C(NC1CC1)c1ccnc(N2CCN(Cc3ccc4c(c3)OCO4)CC2)c1. The van der Waals surface area contributed by atoms with Crippen molar-refractivity contribution >= 4 is 11.7 Å². The van der Waals surface area contributed by atoms with Gasteiger partial charge in [0, 0.05) is 50.5 Å². The average Bonchev–Trinajstić information content (AvgIpc) is 3.42. The molecular formula is C21H24N4O3. The molecule has 1 amide bonds. The summed E-state index contributed by atoms with van der Waals surface area (Å²) in [5.74, 6) is 2.55. The number of amides is 1. The summed E-state index contributed by atoms with van der Waals surface area (Å²) in [6, 6.07) is 10.2. The number of benzene rings is 1. The van der Waals surface area contributed by atoms with E-state index in [4.69, 9.17) is 9.47 Å². The number of nitrogens with one attached hydrogen (secondary N) is 1. The Morgan fingerprint density at radius 1 is 1.07 bits per heavy atom. The van der Waals surface area contributed by atoms with Crippen LogP contribution in [0, 0.1) is 0 Å². The van der Waals surface area contributed by atoms with E-state index in [0.29, 0.717) is 18.4 Å². The Balaban J connectivity index is 1.18. The van der Waals surface area contributed by atoms with E-state index in [1.54, 1.807) is 12.3 Å². The molecule has 3 aliphatic rings. The first-order valence-corrected chi connectivity index (χ1v) is 9.87. The largest absolute Gasteiger partial charge is 0.454 e. The monoisotopic (exact) mass is 380 g/mol. The number of fused-ring (bicyclic) bond motifs is 1. The first-order valence-electron chi connectivity index (χ1n) is 9.87. The first-order chi connectivity index (χ1) is 13.7. The normalized spacial score (nSPS) is 18.9. The lowest BCUT2D eigenvalue weighted by Gasteiger charge is -2.35. The number of hydrogen-bond donors (Lipinski definition) is 1. The molecule has 1 saturated carbocycles. The molecule has 5 rings (SSSR count). The standard InChI is InChI=1S/C21H24N4O3/c26-21(23-17-2-3-17)16-5-6-22-20(12-16)25-9-7-24(8-10-25)13-15-1-4-18-19(11-15)28-14-27-18/h1,4-6,11-12,17H,2-3,7-10,13-14H2,(H,23,26). The van der Waals surface area contributed by atoms with Crippen LogP contribution in [0.25, 0.3) is 0 Å². The van der Waals surface area contributed by atoms with Gasteiger partial charge in [-0.25, -0.2) is 4.98 Å². The lowest BCUT2D eigenvalue weighted by atomic mass is 10.1. The second-order valence-corrected chi connectivity index (χ2v) is 7.60. The van der Waals surface area contributed by atoms with Crippen molar-refractivity contribution in [3.05, 3.63) is 47.7 Å². The Bertz CT molecular complexity index is 876. The van der Waals surface area contributed by atoms with Gasteiger partial charge in [-0.2, -0.15) is 0 Å². The molecule has 2 aromatic rings. The molecule has 7 heteroatoms. The molecule has 3 heterocycles. The number of ether oxygens (including phenoxy) is 2. The molecule has 1 aromatic heterocycles. The van der Waals surface area contributed by atoms with Gasteiger partial charge in [0.15, 0.2) is 11.5 Å². The van der Waals surface area contributed by atoms with Crippen molar-refractivity contribution in [3.63, 3.8) is 0 Å². The van der Waals surface area contributed by atoms with Crippen LogP contribution in [0.5, 0.6) is 11.5 Å².